The fourth-order valence-corrected chi connectivity index (χ4v) is 3.43. The van der Waals surface area contributed by atoms with Gasteiger partial charge in [-0.2, -0.15) is 0 Å². The van der Waals surface area contributed by atoms with Gasteiger partial charge in [0.15, 0.2) is 8.32 Å². The Labute approximate surface area is 185 Å². The van der Waals surface area contributed by atoms with Crippen molar-refractivity contribution in [2.24, 2.45) is 5.73 Å². The molecule has 10 heteroatoms. The van der Waals surface area contributed by atoms with Gasteiger partial charge in [0.05, 0.1) is 12.3 Å². The van der Waals surface area contributed by atoms with Gasteiger partial charge in [-0.05, 0) is 30.3 Å². The quantitative estimate of drug-likeness (QED) is 0.141. The molecule has 0 aliphatic carbocycles. The standard InChI is InChI=1S/C21H36N4O5Si/c1-21(2,3)31(4,5)30-12-8-11-29-17-14-15(19(23)26)13-16(22)18(17)24-9-6-7-10-25-20(27)28/h6-7,13-14,24-25H,8-12,22H2,1-5H3,(H2,23,26)(H,27,28). The molecule has 174 valence electrons. The number of amides is 2. The maximum Gasteiger partial charge on any atom is 0.404 e. The molecule has 0 radical (unpaired) electrons. The summed E-state index contributed by atoms with van der Waals surface area (Å²) < 4.78 is 12.0. The van der Waals surface area contributed by atoms with Crippen LogP contribution in [0.25, 0.3) is 0 Å². The van der Waals surface area contributed by atoms with E-state index in [1.165, 1.54) is 6.07 Å². The number of ether oxygens (including phenoxy) is 1. The number of hydrogen-bond acceptors (Lipinski definition) is 6. The van der Waals surface area contributed by atoms with Crippen LogP contribution in [0.5, 0.6) is 5.75 Å². The maximum absolute atomic E-state index is 11.6. The number of rotatable bonds is 12. The average molecular weight is 453 g/mol. The van der Waals surface area contributed by atoms with Gasteiger partial charge in [-0.1, -0.05) is 32.9 Å². The topological polar surface area (TPSA) is 149 Å². The van der Waals surface area contributed by atoms with Crippen LogP contribution in [-0.4, -0.2) is 51.7 Å². The summed E-state index contributed by atoms with van der Waals surface area (Å²) in [6.45, 7) is 12.6. The number of carbonyl (C=O) groups excluding carboxylic acids is 1. The second-order valence-corrected chi connectivity index (χ2v) is 13.5. The van der Waals surface area contributed by atoms with Crippen molar-refractivity contribution in [3.63, 3.8) is 0 Å². The summed E-state index contributed by atoms with van der Waals surface area (Å²) in [6.07, 6.45) is 3.03. The first-order valence-corrected chi connectivity index (χ1v) is 13.1. The fourth-order valence-electron chi connectivity index (χ4n) is 2.34. The Morgan fingerprint density at radius 2 is 1.81 bits per heavy atom. The van der Waals surface area contributed by atoms with Gasteiger partial charge in [0.25, 0.3) is 0 Å². The summed E-state index contributed by atoms with van der Waals surface area (Å²) in [4.78, 5) is 22.0. The number of carboxylic acid groups (broad SMARTS) is 1. The number of carbonyl (C=O) groups is 2. The number of benzene rings is 1. The van der Waals surface area contributed by atoms with Crippen LogP contribution in [0.3, 0.4) is 0 Å². The van der Waals surface area contributed by atoms with Crippen molar-refractivity contribution in [1.82, 2.24) is 5.32 Å². The van der Waals surface area contributed by atoms with Crippen LogP contribution in [0.1, 0.15) is 37.6 Å². The van der Waals surface area contributed by atoms with E-state index < -0.39 is 20.3 Å². The minimum Gasteiger partial charge on any atom is -0.491 e. The van der Waals surface area contributed by atoms with Crippen LogP contribution in [0.15, 0.2) is 24.3 Å². The molecule has 0 aliphatic rings. The van der Waals surface area contributed by atoms with E-state index in [0.717, 1.165) is 0 Å². The lowest BCUT2D eigenvalue weighted by atomic mass is 10.1. The monoisotopic (exact) mass is 452 g/mol. The molecule has 0 heterocycles. The van der Waals surface area contributed by atoms with E-state index >= 15 is 0 Å². The zero-order valence-electron chi connectivity index (χ0n) is 19.1. The third-order valence-corrected chi connectivity index (χ3v) is 9.71. The van der Waals surface area contributed by atoms with E-state index in [0.29, 0.717) is 43.3 Å². The lowest BCUT2D eigenvalue weighted by Crippen LogP contribution is -2.41. The van der Waals surface area contributed by atoms with Gasteiger partial charge in [-0.25, -0.2) is 4.79 Å². The minimum atomic E-state index is -1.81. The summed E-state index contributed by atoms with van der Waals surface area (Å²) in [5.41, 5.74) is 12.6. The van der Waals surface area contributed by atoms with Crippen LogP contribution >= 0.6 is 0 Å². The van der Waals surface area contributed by atoms with E-state index in [1.54, 1.807) is 18.2 Å². The first-order chi connectivity index (χ1) is 14.3. The molecule has 1 rings (SSSR count). The number of primary amides is 1. The minimum absolute atomic E-state index is 0.142. The van der Waals surface area contributed by atoms with Crippen molar-refractivity contribution in [1.29, 1.82) is 0 Å². The molecule has 0 aromatic heterocycles. The van der Waals surface area contributed by atoms with Gasteiger partial charge in [0.1, 0.15) is 11.4 Å². The molecule has 0 saturated heterocycles. The van der Waals surface area contributed by atoms with Crippen LogP contribution < -0.4 is 26.8 Å². The van der Waals surface area contributed by atoms with Crippen molar-refractivity contribution in [3.8, 4) is 5.75 Å². The Bertz CT molecular complexity index is 791. The van der Waals surface area contributed by atoms with E-state index in [2.05, 4.69) is 44.5 Å². The third kappa shape index (κ3) is 8.89. The zero-order valence-corrected chi connectivity index (χ0v) is 20.1. The van der Waals surface area contributed by atoms with Crippen molar-refractivity contribution >= 4 is 31.7 Å². The highest BCUT2D eigenvalue weighted by atomic mass is 28.4. The first-order valence-electron chi connectivity index (χ1n) is 10.2. The van der Waals surface area contributed by atoms with Crippen molar-refractivity contribution in [2.45, 2.75) is 45.3 Å². The Hall–Kier alpha value is -2.72. The smallest absolute Gasteiger partial charge is 0.404 e. The SMILES string of the molecule is CC(C)(C)[Si](C)(C)OCCCOc1cc(C(N)=O)cc(N)c1NCC=CCNC(=O)O. The Balaban J connectivity index is 2.73. The molecular weight excluding hydrogens is 416 g/mol. The molecule has 0 bridgehead atoms. The van der Waals surface area contributed by atoms with Crippen molar-refractivity contribution < 1.29 is 23.9 Å². The second-order valence-electron chi connectivity index (χ2n) is 8.65. The van der Waals surface area contributed by atoms with E-state index in [4.69, 9.17) is 25.7 Å². The molecule has 2 amide bonds. The Morgan fingerprint density at radius 1 is 1.16 bits per heavy atom. The number of hydrogen-bond donors (Lipinski definition) is 5. The predicted octanol–water partition coefficient (Wildman–Crippen LogP) is 3.39. The normalized spacial score (nSPS) is 12.0. The van der Waals surface area contributed by atoms with Crippen LogP contribution in [0.4, 0.5) is 16.2 Å². The molecule has 0 spiro atoms. The zero-order chi connectivity index (χ0) is 23.7. The molecule has 0 unspecified atom stereocenters. The van der Waals surface area contributed by atoms with E-state index in [9.17, 15) is 9.59 Å². The highest BCUT2D eigenvalue weighted by Gasteiger charge is 2.36. The highest BCUT2D eigenvalue weighted by Crippen LogP contribution is 2.36. The highest BCUT2D eigenvalue weighted by molar-refractivity contribution is 6.74. The molecule has 9 nitrogen and oxygen atoms in total. The lowest BCUT2D eigenvalue weighted by Gasteiger charge is -2.36. The molecule has 0 fully saturated rings. The number of anilines is 2. The Kier molecular flexibility index (Phi) is 9.85. The maximum atomic E-state index is 11.6. The van der Waals surface area contributed by atoms with Crippen LogP contribution in [-0.2, 0) is 4.43 Å². The van der Waals surface area contributed by atoms with Gasteiger partial charge < -0.3 is 36.4 Å². The van der Waals surface area contributed by atoms with Gasteiger partial charge in [-0.15, -0.1) is 0 Å². The van der Waals surface area contributed by atoms with Crippen molar-refractivity contribution in [2.75, 3.05) is 37.4 Å². The predicted molar refractivity (Wildman–Crippen MR) is 126 cm³/mol. The summed E-state index contributed by atoms with van der Waals surface area (Å²) >= 11 is 0. The summed E-state index contributed by atoms with van der Waals surface area (Å²) in [7, 11) is -1.81. The van der Waals surface area contributed by atoms with E-state index in [-0.39, 0.29) is 17.1 Å². The van der Waals surface area contributed by atoms with Crippen LogP contribution in [0.2, 0.25) is 18.1 Å². The largest absolute Gasteiger partial charge is 0.491 e. The van der Waals surface area contributed by atoms with Crippen molar-refractivity contribution in [3.05, 3.63) is 29.8 Å². The number of nitrogens with two attached hydrogens (primary N) is 2. The number of nitrogen functional groups attached to an aromatic ring is 1. The van der Waals surface area contributed by atoms with E-state index in [1.807, 2.05) is 0 Å². The summed E-state index contributed by atoms with van der Waals surface area (Å²) in [6, 6.07) is 3.05. The average Bonchev–Trinajstić information content (AvgIpc) is 2.64. The number of nitrogens with one attached hydrogen (secondary N) is 2. The molecule has 0 atom stereocenters. The first kappa shape index (κ1) is 26.3. The molecule has 1 aromatic carbocycles. The van der Waals surface area contributed by atoms with Gasteiger partial charge in [0, 0.05) is 31.7 Å². The molecular formula is C21H36N4O5Si. The summed E-state index contributed by atoms with van der Waals surface area (Å²) in [5.74, 6) is -0.165. The van der Waals surface area contributed by atoms with Crippen LogP contribution in [0, 0.1) is 0 Å². The van der Waals surface area contributed by atoms with Gasteiger partial charge >= 0.3 is 6.09 Å². The molecule has 31 heavy (non-hydrogen) atoms. The summed E-state index contributed by atoms with van der Waals surface area (Å²) in [5, 5.41) is 14.1. The second kappa shape index (κ2) is 11.6. The Morgan fingerprint density at radius 3 is 2.39 bits per heavy atom. The molecule has 1 aromatic rings. The van der Waals surface area contributed by atoms with Gasteiger partial charge in [-0.3, -0.25) is 4.79 Å². The third-order valence-electron chi connectivity index (χ3n) is 5.17. The molecule has 0 saturated carbocycles. The molecule has 0 aliphatic heterocycles. The van der Waals surface area contributed by atoms with Gasteiger partial charge in [0.2, 0.25) is 5.91 Å². The lowest BCUT2D eigenvalue weighted by molar-refractivity contribution is 0.0999. The molecule has 7 N–H and O–H groups in total. The fraction of sp³-hybridized carbons (Fsp3) is 0.524.